The van der Waals surface area contributed by atoms with Crippen molar-refractivity contribution in [2.24, 2.45) is 0 Å². The summed E-state index contributed by atoms with van der Waals surface area (Å²) in [4.78, 5) is 31.9. The largest absolute Gasteiger partial charge is 0.368 e. The summed E-state index contributed by atoms with van der Waals surface area (Å²) >= 11 is 6.13. The zero-order chi connectivity index (χ0) is 29.8. The molecule has 1 aliphatic carbocycles. The van der Waals surface area contributed by atoms with Gasteiger partial charge in [-0.25, -0.2) is 0 Å². The van der Waals surface area contributed by atoms with Crippen molar-refractivity contribution in [3.05, 3.63) is 99.6 Å². The van der Waals surface area contributed by atoms with Crippen molar-refractivity contribution in [1.29, 1.82) is 0 Å². The molecule has 3 unspecified atom stereocenters. The van der Waals surface area contributed by atoms with Crippen molar-refractivity contribution in [3.8, 4) is 0 Å². The highest BCUT2D eigenvalue weighted by Crippen LogP contribution is 2.31. The van der Waals surface area contributed by atoms with Gasteiger partial charge in [0.2, 0.25) is 11.8 Å². The lowest BCUT2D eigenvalue weighted by molar-refractivity contribution is -0.137. The van der Waals surface area contributed by atoms with Gasteiger partial charge in [0.15, 0.2) is 0 Å². The molecule has 0 aromatic heterocycles. The minimum absolute atomic E-state index is 0.0264. The van der Waals surface area contributed by atoms with Gasteiger partial charge in [-0.3, -0.25) is 9.59 Å². The van der Waals surface area contributed by atoms with E-state index in [-0.39, 0.29) is 17.9 Å². The van der Waals surface area contributed by atoms with Crippen LogP contribution in [0.25, 0.3) is 0 Å². The molecule has 7 nitrogen and oxygen atoms in total. The molecular weight excluding hydrogens is 558 g/mol. The molecule has 2 heterocycles. The van der Waals surface area contributed by atoms with Crippen LogP contribution in [0.1, 0.15) is 41.2 Å². The molecule has 3 N–H and O–H groups in total. The van der Waals surface area contributed by atoms with Crippen molar-refractivity contribution in [1.82, 2.24) is 20.9 Å². The monoisotopic (exact) mass is 599 g/mol. The average molecular weight is 600 g/mol. The summed E-state index contributed by atoms with van der Waals surface area (Å²) in [7, 11) is 0. The van der Waals surface area contributed by atoms with Crippen LogP contribution >= 0.6 is 11.6 Å². The number of hydrogen-bond donors (Lipinski definition) is 3. The third-order valence-electron chi connectivity index (χ3n) is 9.25. The maximum atomic E-state index is 14.0. The lowest BCUT2D eigenvalue weighted by Crippen LogP contribution is -2.58. The van der Waals surface area contributed by atoms with Crippen LogP contribution in [0.5, 0.6) is 0 Å². The number of piperazine rings is 1. The third kappa shape index (κ3) is 6.90. The lowest BCUT2D eigenvalue weighted by atomic mass is 9.86. The second kappa shape index (κ2) is 13.5. The van der Waals surface area contributed by atoms with E-state index in [4.69, 9.17) is 11.6 Å². The van der Waals surface area contributed by atoms with E-state index < -0.39 is 6.04 Å². The Labute approximate surface area is 260 Å². The average Bonchev–Trinajstić information content (AvgIpc) is 3.05. The molecule has 0 spiro atoms. The first kappa shape index (κ1) is 29.7. The van der Waals surface area contributed by atoms with E-state index in [9.17, 15) is 9.59 Å². The normalized spacial score (nSPS) is 20.6. The molecule has 226 valence electrons. The van der Waals surface area contributed by atoms with Crippen molar-refractivity contribution in [2.75, 3.05) is 37.6 Å². The Hall–Kier alpha value is -3.39. The Bertz CT molecular complexity index is 1440. The molecule has 1 saturated heterocycles. The highest BCUT2D eigenvalue weighted by Gasteiger charge is 2.33. The molecular formula is C35H42ClN5O2. The molecule has 6 rings (SSSR count). The molecule has 3 aromatic rings. The number of fused-ring (bicyclic) bond motifs is 2. The van der Waals surface area contributed by atoms with E-state index >= 15 is 0 Å². The van der Waals surface area contributed by atoms with Crippen LogP contribution < -0.4 is 20.9 Å². The highest BCUT2D eigenvalue weighted by molar-refractivity contribution is 6.30. The first-order valence-electron chi connectivity index (χ1n) is 15.7. The Morgan fingerprint density at radius 3 is 2.44 bits per heavy atom. The van der Waals surface area contributed by atoms with Gasteiger partial charge < -0.3 is 25.8 Å². The second-order valence-electron chi connectivity index (χ2n) is 12.0. The van der Waals surface area contributed by atoms with Crippen molar-refractivity contribution in [3.63, 3.8) is 0 Å². The molecule has 1 fully saturated rings. The second-order valence-corrected chi connectivity index (χ2v) is 12.5. The summed E-state index contributed by atoms with van der Waals surface area (Å²) in [5.41, 5.74) is 7.58. The number of amides is 2. The number of benzene rings is 3. The molecule has 43 heavy (non-hydrogen) atoms. The van der Waals surface area contributed by atoms with Gasteiger partial charge in [0.25, 0.3) is 0 Å². The molecule has 3 atom stereocenters. The number of nitrogens with zero attached hydrogens (tertiary/aromatic N) is 2. The van der Waals surface area contributed by atoms with Gasteiger partial charge >= 0.3 is 0 Å². The fraction of sp³-hybridized carbons (Fsp3) is 0.429. The molecule has 3 aromatic carbocycles. The SMILES string of the molecule is CCNC1CCc2cccc(N3CCN(C(=O)C(Cc4ccc(Cl)cc4)NC(=O)C4Cc5ccccc5CN4)CC3)c2C1. The van der Waals surface area contributed by atoms with Crippen LogP contribution in [0.15, 0.2) is 66.7 Å². The first-order chi connectivity index (χ1) is 21.0. The third-order valence-corrected chi connectivity index (χ3v) is 9.50. The molecule has 0 saturated carbocycles. The number of carbonyl (C=O) groups excluding carboxylic acids is 2. The van der Waals surface area contributed by atoms with Crippen LogP contribution in [0.2, 0.25) is 5.02 Å². The first-order valence-corrected chi connectivity index (χ1v) is 16.1. The van der Waals surface area contributed by atoms with Gasteiger partial charge in [0.1, 0.15) is 6.04 Å². The van der Waals surface area contributed by atoms with Gasteiger partial charge in [0.05, 0.1) is 6.04 Å². The summed E-state index contributed by atoms with van der Waals surface area (Å²) in [5, 5.41) is 10.8. The van der Waals surface area contributed by atoms with E-state index in [0.717, 1.165) is 38.0 Å². The number of anilines is 1. The highest BCUT2D eigenvalue weighted by atomic mass is 35.5. The standard InChI is InChI=1S/C35H42ClN5O2/c1-2-37-29-15-12-25-8-5-9-33(30(25)22-29)40-16-18-41(19-17-40)35(43)32(20-24-10-13-28(36)14-11-24)39-34(42)31-21-26-6-3-4-7-27(26)23-38-31/h3-11,13-14,29,31-32,37-38H,2,12,15-23H2,1H3,(H,39,42). The summed E-state index contributed by atoms with van der Waals surface area (Å²) < 4.78 is 0. The minimum atomic E-state index is -0.649. The van der Waals surface area contributed by atoms with Gasteiger partial charge in [-0.2, -0.15) is 0 Å². The van der Waals surface area contributed by atoms with Gasteiger partial charge in [-0.15, -0.1) is 0 Å². The lowest BCUT2D eigenvalue weighted by Gasteiger charge is -2.40. The van der Waals surface area contributed by atoms with E-state index in [1.165, 1.54) is 34.4 Å². The smallest absolute Gasteiger partial charge is 0.245 e. The maximum Gasteiger partial charge on any atom is 0.245 e. The Morgan fingerprint density at radius 2 is 1.67 bits per heavy atom. The van der Waals surface area contributed by atoms with Crippen LogP contribution in [-0.2, 0) is 41.8 Å². The van der Waals surface area contributed by atoms with Gasteiger partial charge in [0, 0.05) is 55.9 Å². The molecule has 0 radical (unpaired) electrons. The number of hydrogen-bond acceptors (Lipinski definition) is 5. The number of likely N-dealkylation sites (N-methyl/N-ethyl adjacent to an activating group) is 1. The molecule has 2 amide bonds. The van der Waals surface area contributed by atoms with Crippen molar-refractivity contribution >= 4 is 29.1 Å². The molecule has 2 aliphatic heterocycles. The fourth-order valence-corrected chi connectivity index (χ4v) is 7.01. The number of carbonyl (C=O) groups is 2. The van der Waals surface area contributed by atoms with Crippen LogP contribution in [0.4, 0.5) is 5.69 Å². The zero-order valence-corrected chi connectivity index (χ0v) is 25.7. The van der Waals surface area contributed by atoms with E-state index in [2.05, 4.69) is 58.1 Å². The number of aryl methyl sites for hydroxylation is 1. The van der Waals surface area contributed by atoms with Crippen molar-refractivity contribution < 1.29 is 9.59 Å². The maximum absolute atomic E-state index is 14.0. The van der Waals surface area contributed by atoms with Gasteiger partial charge in [-0.05, 0) is 78.2 Å². The number of rotatable bonds is 8. The Kier molecular flexibility index (Phi) is 9.31. The van der Waals surface area contributed by atoms with Crippen LogP contribution in [0.3, 0.4) is 0 Å². The quantitative estimate of drug-likeness (QED) is 0.366. The minimum Gasteiger partial charge on any atom is -0.368 e. The summed E-state index contributed by atoms with van der Waals surface area (Å²) in [5.74, 6) is -0.159. The zero-order valence-electron chi connectivity index (χ0n) is 24.9. The molecule has 8 heteroatoms. The van der Waals surface area contributed by atoms with E-state index in [1.807, 2.05) is 41.3 Å². The topological polar surface area (TPSA) is 76.7 Å². The summed E-state index contributed by atoms with van der Waals surface area (Å²) in [6.45, 7) is 6.60. The van der Waals surface area contributed by atoms with Crippen molar-refractivity contribution in [2.45, 2.75) is 63.7 Å². The van der Waals surface area contributed by atoms with E-state index in [1.54, 1.807) is 0 Å². The van der Waals surface area contributed by atoms with Crippen LogP contribution in [-0.4, -0.2) is 67.6 Å². The number of halogens is 1. The Morgan fingerprint density at radius 1 is 0.930 bits per heavy atom. The predicted octanol–water partition coefficient (Wildman–Crippen LogP) is 3.90. The number of nitrogens with one attached hydrogen (secondary N) is 3. The fourth-order valence-electron chi connectivity index (χ4n) is 6.88. The van der Waals surface area contributed by atoms with Crippen LogP contribution in [0, 0.1) is 0 Å². The molecule has 0 bridgehead atoms. The van der Waals surface area contributed by atoms with E-state index in [0.29, 0.717) is 43.5 Å². The Balaban J connectivity index is 1.14. The predicted molar refractivity (Wildman–Crippen MR) is 173 cm³/mol. The molecule has 3 aliphatic rings. The summed E-state index contributed by atoms with van der Waals surface area (Å²) in [6.07, 6.45) is 4.36. The van der Waals surface area contributed by atoms with Gasteiger partial charge in [-0.1, -0.05) is 67.1 Å². The summed E-state index contributed by atoms with van der Waals surface area (Å²) in [6, 6.07) is 21.9.